The third-order valence-electron chi connectivity index (χ3n) is 4.06. The van der Waals surface area contributed by atoms with Gasteiger partial charge in [-0.25, -0.2) is 13.6 Å². The Morgan fingerprint density at radius 2 is 1.70 bits per heavy atom. The van der Waals surface area contributed by atoms with Crippen molar-refractivity contribution in [1.82, 2.24) is 9.97 Å². The van der Waals surface area contributed by atoms with Crippen molar-refractivity contribution < 1.29 is 12.8 Å². The van der Waals surface area contributed by atoms with Gasteiger partial charge in [0.25, 0.3) is 0 Å². The van der Waals surface area contributed by atoms with Crippen LogP contribution in [0.2, 0.25) is 0 Å². The molecule has 0 spiro atoms. The quantitative estimate of drug-likeness (QED) is 0.585. The second-order valence-electron chi connectivity index (χ2n) is 5.79. The largest absolute Gasteiger partial charge is 0.455 e. The standard InChI is InChI=1S/C19H13N3O4S/c20-27(24,25)13-7-5-12(6-8-13)19-17(15-11-21-9-10-22-15)18(23)14-3-1-2-4-16(14)26-19/h1-11H,(H2,20,24,25). The lowest BCUT2D eigenvalue weighted by Gasteiger charge is -2.10. The molecule has 0 atom stereocenters. The molecular weight excluding hydrogens is 366 g/mol. The molecule has 0 aliphatic carbocycles. The van der Waals surface area contributed by atoms with Gasteiger partial charge in [0, 0.05) is 18.0 Å². The summed E-state index contributed by atoms with van der Waals surface area (Å²) in [7, 11) is -3.82. The summed E-state index contributed by atoms with van der Waals surface area (Å²) in [5, 5.41) is 5.57. The second-order valence-corrected chi connectivity index (χ2v) is 7.35. The number of primary sulfonamides is 1. The number of aromatic nitrogens is 2. The molecule has 0 saturated carbocycles. The van der Waals surface area contributed by atoms with Crippen LogP contribution in [0.15, 0.2) is 81.2 Å². The molecule has 7 nitrogen and oxygen atoms in total. The van der Waals surface area contributed by atoms with E-state index in [1.807, 2.05) is 0 Å². The topological polar surface area (TPSA) is 116 Å². The normalized spacial score (nSPS) is 11.6. The molecule has 0 saturated heterocycles. The summed E-state index contributed by atoms with van der Waals surface area (Å²) in [6.07, 6.45) is 4.47. The Balaban J connectivity index is 2.03. The summed E-state index contributed by atoms with van der Waals surface area (Å²) < 4.78 is 29.0. The number of nitrogens with zero attached hydrogens (tertiary/aromatic N) is 2. The SMILES string of the molecule is NS(=O)(=O)c1ccc(-c2oc3ccccc3c(=O)c2-c2cnccn2)cc1. The minimum Gasteiger partial charge on any atom is -0.455 e. The molecule has 4 rings (SSSR count). The number of hydrogen-bond donors (Lipinski definition) is 1. The molecule has 0 aliphatic rings. The fourth-order valence-corrected chi connectivity index (χ4v) is 3.32. The molecule has 2 aromatic heterocycles. The van der Waals surface area contributed by atoms with E-state index in [0.717, 1.165) is 0 Å². The first-order chi connectivity index (χ1) is 12.9. The average molecular weight is 379 g/mol. The zero-order valence-corrected chi connectivity index (χ0v) is 14.7. The van der Waals surface area contributed by atoms with Gasteiger partial charge in [-0.15, -0.1) is 0 Å². The van der Waals surface area contributed by atoms with Crippen LogP contribution in [0.25, 0.3) is 33.6 Å². The van der Waals surface area contributed by atoms with Crippen molar-refractivity contribution in [3.8, 4) is 22.6 Å². The maximum Gasteiger partial charge on any atom is 0.238 e. The summed E-state index contributed by atoms with van der Waals surface area (Å²) in [6.45, 7) is 0. The fourth-order valence-electron chi connectivity index (χ4n) is 2.80. The number of fused-ring (bicyclic) bond motifs is 1. The van der Waals surface area contributed by atoms with Gasteiger partial charge in [0.15, 0.2) is 0 Å². The molecular formula is C19H13N3O4S. The predicted molar refractivity (Wildman–Crippen MR) is 100 cm³/mol. The lowest BCUT2D eigenvalue weighted by molar-refractivity contribution is 0.597. The lowest BCUT2D eigenvalue weighted by Crippen LogP contribution is -2.12. The summed E-state index contributed by atoms with van der Waals surface area (Å²) in [6, 6.07) is 12.7. The molecule has 4 aromatic rings. The highest BCUT2D eigenvalue weighted by molar-refractivity contribution is 7.89. The highest BCUT2D eigenvalue weighted by atomic mass is 32.2. The van der Waals surface area contributed by atoms with Gasteiger partial charge in [0.05, 0.1) is 27.7 Å². The third kappa shape index (κ3) is 3.12. The van der Waals surface area contributed by atoms with Crippen molar-refractivity contribution in [2.24, 2.45) is 5.14 Å². The van der Waals surface area contributed by atoms with Gasteiger partial charge >= 0.3 is 0 Å². The summed E-state index contributed by atoms with van der Waals surface area (Å²) in [4.78, 5) is 21.3. The lowest BCUT2D eigenvalue weighted by atomic mass is 10.0. The summed E-state index contributed by atoms with van der Waals surface area (Å²) >= 11 is 0. The van der Waals surface area contributed by atoms with E-state index in [0.29, 0.717) is 22.2 Å². The molecule has 0 aliphatic heterocycles. The Hall–Kier alpha value is -3.36. The minimum absolute atomic E-state index is 0.0320. The summed E-state index contributed by atoms with van der Waals surface area (Å²) in [5.41, 5.74) is 1.31. The van der Waals surface area contributed by atoms with Crippen LogP contribution in [0.5, 0.6) is 0 Å². The number of benzene rings is 2. The molecule has 0 radical (unpaired) electrons. The Labute approximate surface area is 154 Å². The van der Waals surface area contributed by atoms with E-state index in [-0.39, 0.29) is 21.6 Å². The van der Waals surface area contributed by atoms with E-state index >= 15 is 0 Å². The number of para-hydroxylation sites is 1. The van der Waals surface area contributed by atoms with Gasteiger partial charge in [0.2, 0.25) is 15.5 Å². The van der Waals surface area contributed by atoms with Gasteiger partial charge in [-0.3, -0.25) is 14.8 Å². The van der Waals surface area contributed by atoms with Gasteiger partial charge in [-0.1, -0.05) is 12.1 Å². The molecule has 0 bridgehead atoms. The van der Waals surface area contributed by atoms with Crippen LogP contribution in [0.4, 0.5) is 0 Å². The number of sulfonamides is 1. The van der Waals surface area contributed by atoms with Crippen molar-refractivity contribution in [3.63, 3.8) is 0 Å². The molecule has 0 amide bonds. The van der Waals surface area contributed by atoms with E-state index in [1.54, 1.807) is 24.3 Å². The Morgan fingerprint density at radius 3 is 2.37 bits per heavy atom. The van der Waals surface area contributed by atoms with Crippen LogP contribution >= 0.6 is 0 Å². The molecule has 0 unspecified atom stereocenters. The molecule has 2 N–H and O–H groups in total. The smallest absolute Gasteiger partial charge is 0.238 e. The number of hydrogen-bond acceptors (Lipinski definition) is 6. The monoisotopic (exact) mass is 379 g/mol. The first kappa shape index (κ1) is 17.1. The van der Waals surface area contributed by atoms with E-state index in [4.69, 9.17) is 9.56 Å². The molecule has 2 aromatic carbocycles. The first-order valence-corrected chi connectivity index (χ1v) is 9.45. The van der Waals surface area contributed by atoms with Gasteiger partial charge in [-0.2, -0.15) is 0 Å². The molecule has 0 fully saturated rings. The maximum atomic E-state index is 13.1. The molecule has 2 heterocycles. The molecule has 134 valence electrons. The molecule has 8 heteroatoms. The average Bonchev–Trinajstić information content (AvgIpc) is 2.68. The van der Waals surface area contributed by atoms with E-state index in [9.17, 15) is 13.2 Å². The van der Waals surface area contributed by atoms with Gasteiger partial charge < -0.3 is 4.42 Å². The van der Waals surface area contributed by atoms with Gasteiger partial charge in [-0.05, 0) is 36.4 Å². The minimum atomic E-state index is -3.82. The van der Waals surface area contributed by atoms with Crippen molar-refractivity contribution in [2.75, 3.05) is 0 Å². The van der Waals surface area contributed by atoms with E-state index in [2.05, 4.69) is 9.97 Å². The Morgan fingerprint density at radius 1 is 0.963 bits per heavy atom. The number of rotatable bonds is 3. The van der Waals surface area contributed by atoms with E-state index in [1.165, 1.54) is 42.9 Å². The fraction of sp³-hybridized carbons (Fsp3) is 0. The Kier molecular flexibility index (Phi) is 4.06. The highest BCUT2D eigenvalue weighted by Crippen LogP contribution is 2.31. The van der Waals surface area contributed by atoms with Crippen molar-refractivity contribution in [1.29, 1.82) is 0 Å². The van der Waals surface area contributed by atoms with Crippen LogP contribution in [-0.2, 0) is 10.0 Å². The first-order valence-electron chi connectivity index (χ1n) is 7.90. The van der Waals surface area contributed by atoms with Crippen LogP contribution in [0, 0.1) is 0 Å². The third-order valence-corrected chi connectivity index (χ3v) is 4.99. The van der Waals surface area contributed by atoms with Crippen molar-refractivity contribution >= 4 is 21.0 Å². The van der Waals surface area contributed by atoms with Crippen LogP contribution in [-0.4, -0.2) is 18.4 Å². The van der Waals surface area contributed by atoms with E-state index < -0.39 is 10.0 Å². The highest BCUT2D eigenvalue weighted by Gasteiger charge is 2.19. The van der Waals surface area contributed by atoms with Gasteiger partial charge in [0.1, 0.15) is 11.3 Å². The van der Waals surface area contributed by atoms with Crippen LogP contribution in [0.1, 0.15) is 0 Å². The zero-order chi connectivity index (χ0) is 19.0. The predicted octanol–water partition coefficient (Wildman–Crippen LogP) is 2.56. The van der Waals surface area contributed by atoms with Crippen LogP contribution < -0.4 is 10.6 Å². The zero-order valence-electron chi connectivity index (χ0n) is 13.9. The number of nitrogens with two attached hydrogens (primary N) is 1. The maximum absolute atomic E-state index is 13.1. The summed E-state index contributed by atoms with van der Waals surface area (Å²) in [5.74, 6) is 0.278. The van der Waals surface area contributed by atoms with Crippen molar-refractivity contribution in [3.05, 3.63) is 77.3 Å². The molecule has 27 heavy (non-hydrogen) atoms. The Bertz CT molecular complexity index is 1300. The second kappa shape index (κ2) is 6.42. The van der Waals surface area contributed by atoms with Crippen LogP contribution in [0.3, 0.4) is 0 Å². The van der Waals surface area contributed by atoms with Crippen molar-refractivity contribution in [2.45, 2.75) is 4.90 Å².